The van der Waals surface area contributed by atoms with Crippen LogP contribution in [0, 0.1) is 6.92 Å². The van der Waals surface area contributed by atoms with Gasteiger partial charge in [-0.2, -0.15) is 0 Å². The zero-order valence-electron chi connectivity index (χ0n) is 10.5. The van der Waals surface area contributed by atoms with Crippen LogP contribution in [0.3, 0.4) is 0 Å². The lowest BCUT2D eigenvalue weighted by molar-refractivity contribution is 0.586. The van der Waals surface area contributed by atoms with E-state index in [2.05, 4.69) is 52.3 Å². The zero-order chi connectivity index (χ0) is 11.6. The molecule has 0 fully saturated rings. The van der Waals surface area contributed by atoms with Gasteiger partial charge in [0, 0.05) is 9.79 Å². The monoisotopic (exact) mass is 240 g/mol. The Balaban J connectivity index is 3.33. The Hall–Kier alpha value is -0.0800. The lowest BCUT2D eigenvalue weighted by Crippen LogP contribution is -2.11. The molecule has 0 aliphatic carbocycles. The first kappa shape index (κ1) is 13.0. The van der Waals surface area contributed by atoms with E-state index in [0.717, 1.165) is 0 Å². The van der Waals surface area contributed by atoms with Gasteiger partial charge < -0.3 is 0 Å². The van der Waals surface area contributed by atoms with Crippen LogP contribution in [0.2, 0.25) is 0 Å². The van der Waals surface area contributed by atoms with Gasteiger partial charge in [0.15, 0.2) is 0 Å². The van der Waals surface area contributed by atoms with E-state index in [1.165, 1.54) is 20.9 Å². The van der Waals surface area contributed by atoms with Crippen LogP contribution in [0.15, 0.2) is 21.9 Å². The van der Waals surface area contributed by atoms with E-state index in [0.29, 0.717) is 0 Å². The van der Waals surface area contributed by atoms with Gasteiger partial charge in [0.2, 0.25) is 0 Å². The lowest BCUT2D eigenvalue weighted by atomic mass is 9.87. The Labute approximate surface area is 102 Å². The quantitative estimate of drug-likeness (QED) is 0.685. The summed E-state index contributed by atoms with van der Waals surface area (Å²) in [5.41, 5.74) is 3.09. The van der Waals surface area contributed by atoms with Crippen molar-refractivity contribution >= 4 is 23.5 Å². The molecule has 0 aliphatic heterocycles. The molecule has 0 saturated heterocycles. The van der Waals surface area contributed by atoms with Crippen LogP contribution in [-0.2, 0) is 5.41 Å². The number of thioether (sulfide) groups is 2. The molecule has 2 heteroatoms. The van der Waals surface area contributed by atoms with Crippen molar-refractivity contribution in [3.63, 3.8) is 0 Å². The number of rotatable bonds is 2. The molecular weight excluding hydrogens is 220 g/mol. The lowest BCUT2D eigenvalue weighted by Gasteiger charge is -2.22. The predicted molar refractivity (Wildman–Crippen MR) is 73.4 cm³/mol. The summed E-state index contributed by atoms with van der Waals surface area (Å²) in [4.78, 5) is 2.82. The number of hydrogen-bond donors (Lipinski definition) is 0. The van der Waals surface area contributed by atoms with E-state index < -0.39 is 0 Å². The fraction of sp³-hybridized carbons (Fsp3) is 0.538. The van der Waals surface area contributed by atoms with Gasteiger partial charge in [-0.3, -0.25) is 0 Å². The molecule has 0 bridgehead atoms. The van der Waals surface area contributed by atoms with Gasteiger partial charge in [-0.05, 0) is 48.1 Å². The Morgan fingerprint density at radius 2 is 1.33 bits per heavy atom. The van der Waals surface area contributed by atoms with Crippen LogP contribution in [-0.4, -0.2) is 12.5 Å². The van der Waals surface area contributed by atoms with Crippen molar-refractivity contribution in [2.24, 2.45) is 0 Å². The van der Waals surface area contributed by atoms with E-state index in [9.17, 15) is 0 Å². The Morgan fingerprint density at radius 1 is 0.933 bits per heavy atom. The maximum Gasteiger partial charge on any atom is 0.0112 e. The third kappa shape index (κ3) is 2.94. The summed E-state index contributed by atoms with van der Waals surface area (Å²) in [6, 6.07) is 4.67. The molecule has 0 aliphatic rings. The Morgan fingerprint density at radius 3 is 1.60 bits per heavy atom. The molecule has 0 spiro atoms. The van der Waals surface area contributed by atoms with Crippen molar-refractivity contribution in [1.82, 2.24) is 0 Å². The average molecular weight is 240 g/mol. The normalized spacial score (nSPS) is 11.9. The minimum absolute atomic E-state index is 0.239. The molecule has 1 aromatic rings. The zero-order valence-corrected chi connectivity index (χ0v) is 12.1. The average Bonchev–Trinajstić information content (AvgIpc) is 2.16. The van der Waals surface area contributed by atoms with Gasteiger partial charge >= 0.3 is 0 Å². The molecule has 0 heterocycles. The van der Waals surface area contributed by atoms with Crippen molar-refractivity contribution in [3.05, 3.63) is 23.3 Å². The molecule has 15 heavy (non-hydrogen) atoms. The third-order valence-corrected chi connectivity index (χ3v) is 4.35. The molecule has 0 nitrogen and oxygen atoms in total. The molecule has 84 valence electrons. The second kappa shape index (κ2) is 4.84. The summed E-state index contributed by atoms with van der Waals surface area (Å²) in [7, 11) is 0. The van der Waals surface area contributed by atoms with Crippen LogP contribution >= 0.6 is 23.5 Å². The second-order valence-electron chi connectivity index (χ2n) is 4.76. The number of hydrogen-bond acceptors (Lipinski definition) is 2. The first-order valence-electron chi connectivity index (χ1n) is 5.13. The van der Waals surface area contributed by atoms with Crippen molar-refractivity contribution in [2.45, 2.75) is 42.9 Å². The highest BCUT2D eigenvalue weighted by Gasteiger charge is 2.16. The molecule has 0 saturated carbocycles. The van der Waals surface area contributed by atoms with E-state index in [1.54, 1.807) is 0 Å². The SMILES string of the molecule is CSc1cc(C(C)(C)C)cc(SC)c1C. The van der Waals surface area contributed by atoms with Crippen LogP contribution in [0.5, 0.6) is 0 Å². The summed E-state index contributed by atoms with van der Waals surface area (Å²) >= 11 is 3.68. The number of benzene rings is 1. The van der Waals surface area contributed by atoms with Crippen molar-refractivity contribution < 1.29 is 0 Å². The van der Waals surface area contributed by atoms with E-state index in [1.807, 2.05) is 23.5 Å². The van der Waals surface area contributed by atoms with Gasteiger partial charge in [0.05, 0.1) is 0 Å². The van der Waals surface area contributed by atoms with Crippen LogP contribution in [0.1, 0.15) is 31.9 Å². The van der Waals surface area contributed by atoms with Crippen LogP contribution in [0.4, 0.5) is 0 Å². The van der Waals surface area contributed by atoms with Crippen LogP contribution < -0.4 is 0 Å². The fourth-order valence-corrected chi connectivity index (χ4v) is 2.91. The maximum atomic E-state index is 2.33. The highest BCUT2D eigenvalue weighted by Crippen LogP contribution is 2.34. The minimum Gasteiger partial charge on any atom is -0.129 e. The third-order valence-electron chi connectivity index (χ3n) is 2.62. The van der Waals surface area contributed by atoms with E-state index >= 15 is 0 Å². The van der Waals surface area contributed by atoms with Gasteiger partial charge in [-0.1, -0.05) is 20.8 Å². The van der Waals surface area contributed by atoms with Crippen molar-refractivity contribution in [3.8, 4) is 0 Å². The highest BCUT2D eigenvalue weighted by molar-refractivity contribution is 7.99. The Bertz CT molecular complexity index is 323. The largest absolute Gasteiger partial charge is 0.129 e. The molecule has 1 aromatic carbocycles. The summed E-state index contributed by atoms with van der Waals surface area (Å²) < 4.78 is 0. The van der Waals surface area contributed by atoms with Gasteiger partial charge in [-0.15, -0.1) is 23.5 Å². The molecule has 0 atom stereocenters. The summed E-state index contributed by atoms with van der Waals surface area (Å²) in [6.07, 6.45) is 4.30. The van der Waals surface area contributed by atoms with Gasteiger partial charge in [0.1, 0.15) is 0 Å². The van der Waals surface area contributed by atoms with E-state index in [4.69, 9.17) is 0 Å². The first-order chi connectivity index (χ1) is 6.90. The van der Waals surface area contributed by atoms with Gasteiger partial charge in [-0.25, -0.2) is 0 Å². The van der Waals surface area contributed by atoms with Crippen molar-refractivity contribution in [1.29, 1.82) is 0 Å². The molecule has 0 unspecified atom stereocenters. The molecule has 0 aromatic heterocycles. The second-order valence-corrected chi connectivity index (χ2v) is 6.45. The molecular formula is C13H20S2. The Kier molecular flexibility index (Phi) is 4.19. The summed E-state index contributed by atoms with van der Waals surface area (Å²) in [6.45, 7) is 9.02. The molecule has 0 N–H and O–H groups in total. The highest BCUT2D eigenvalue weighted by atomic mass is 32.2. The smallest absolute Gasteiger partial charge is 0.0112 e. The first-order valence-corrected chi connectivity index (χ1v) is 7.58. The van der Waals surface area contributed by atoms with E-state index in [-0.39, 0.29) is 5.41 Å². The summed E-state index contributed by atoms with van der Waals surface area (Å²) in [5, 5.41) is 0. The summed E-state index contributed by atoms with van der Waals surface area (Å²) in [5.74, 6) is 0. The minimum atomic E-state index is 0.239. The topological polar surface area (TPSA) is 0 Å². The standard InChI is InChI=1S/C13H20S2/c1-9-11(14-5)7-10(13(2,3)4)8-12(9)15-6/h7-8H,1-6H3. The predicted octanol–water partition coefficient (Wildman–Crippen LogP) is 4.74. The maximum absolute atomic E-state index is 2.33. The fourth-order valence-electron chi connectivity index (χ4n) is 1.52. The van der Waals surface area contributed by atoms with Crippen molar-refractivity contribution in [2.75, 3.05) is 12.5 Å². The van der Waals surface area contributed by atoms with Crippen LogP contribution in [0.25, 0.3) is 0 Å². The van der Waals surface area contributed by atoms with Gasteiger partial charge in [0.25, 0.3) is 0 Å². The molecule has 1 rings (SSSR count). The molecule has 0 radical (unpaired) electrons. The molecule has 0 amide bonds.